The molecule has 0 saturated carbocycles. The van der Waals surface area contributed by atoms with Crippen LogP contribution in [-0.2, 0) is 4.79 Å². The Morgan fingerprint density at radius 1 is 0.341 bits per heavy atom. The molecule has 0 spiro atoms. The van der Waals surface area contributed by atoms with Gasteiger partial charge in [0.2, 0.25) is 0 Å². The van der Waals surface area contributed by atoms with Crippen molar-refractivity contribution in [1.29, 1.82) is 0 Å². The van der Waals surface area contributed by atoms with Gasteiger partial charge in [0.25, 0.3) is 0 Å². The molecule has 254 valence electrons. The zero-order valence-corrected chi connectivity index (χ0v) is 23.5. The van der Waals surface area contributed by atoms with Gasteiger partial charge >= 0.3 is 5.97 Å². The molecule has 0 atom stereocenters. The largest absolute Gasteiger partial charge is 0.481 e. The SMILES string of the molecule is CCC(=O)O.OCC(CO)(CO)CO.OCC(CO)(CO)CO.OCC(CO)(CO)CO.OCC(CO)(CO)CO. The first kappa shape index (κ1) is 49.5. The van der Waals surface area contributed by atoms with Crippen molar-refractivity contribution < 1.29 is 91.6 Å². The Bertz CT molecular complexity index is 385. The molecule has 0 aromatic rings. The van der Waals surface area contributed by atoms with E-state index in [-0.39, 0.29) is 6.42 Å². The maximum Gasteiger partial charge on any atom is 0.303 e. The van der Waals surface area contributed by atoms with Crippen LogP contribution in [0.4, 0.5) is 0 Å². The smallest absolute Gasteiger partial charge is 0.303 e. The van der Waals surface area contributed by atoms with Crippen LogP contribution >= 0.6 is 0 Å². The lowest BCUT2D eigenvalue weighted by atomic mass is 9.93. The van der Waals surface area contributed by atoms with Gasteiger partial charge in [0.05, 0.1) is 127 Å². The highest BCUT2D eigenvalue weighted by molar-refractivity contribution is 5.66. The molecule has 0 radical (unpaired) electrons. The lowest BCUT2D eigenvalue weighted by molar-refractivity contribution is -0.136. The zero-order valence-electron chi connectivity index (χ0n) is 23.5. The molecule has 0 heterocycles. The first-order chi connectivity index (χ1) is 19.2. The minimum Gasteiger partial charge on any atom is -0.481 e. The van der Waals surface area contributed by atoms with Gasteiger partial charge in [-0.05, 0) is 0 Å². The minimum atomic E-state index is -1.11. The number of rotatable bonds is 17. The van der Waals surface area contributed by atoms with E-state index in [1.165, 1.54) is 0 Å². The van der Waals surface area contributed by atoms with E-state index >= 15 is 0 Å². The Balaban J connectivity index is -0.000000133. The van der Waals surface area contributed by atoms with E-state index in [1.807, 2.05) is 0 Å². The second-order valence-corrected chi connectivity index (χ2v) is 9.28. The van der Waals surface area contributed by atoms with E-state index in [2.05, 4.69) is 0 Å². The molecule has 17 N–H and O–H groups in total. The zero-order chi connectivity index (χ0) is 33.6. The van der Waals surface area contributed by atoms with Gasteiger partial charge in [-0.3, -0.25) is 4.79 Å². The normalized spacial score (nSPS) is 11.4. The maximum absolute atomic E-state index is 9.37. The van der Waals surface area contributed by atoms with Crippen LogP contribution in [0.1, 0.15) is 13.3 Å². The van der Waals surface area contributed by atoms with E-state index in [9.17, 15) is 4.79 Å². The Morgan fingerprint density at radius 2 is 0.415 bits per heavy atom. The minimum absolute atomic E-state index is 0.222. The van der Waals surface area contributed by atoms with Gasteiger partial charge in [0, 0.05) is 6.42 Å². The maximum atomic E-state index is 9.37. The summed E-state index contributed by atoms with van der Waals surface area (Å²) in [6, 6.07) is 0. The predicted molar refractivity (Wildman–Crippen MR) is 141 cm³/mol. The molecule has 0 aliphatic heterocycles. The molecule has 0 saturated heterocycles. The summed E-state index contributed by atoms with van der Waals surface area (Å²) < 4.78 is 0. The van der Waals surface area contributed by atoms with Gasteiger partial charge in [0.15, 0.2) is 0 Å². The van der Waals surface area contributed by atoms with Crippen molar-refractivity contribution in [3.63, 3.8) is 0 Å². The summed E-state index contributed by atoms with van der Waals surface area (Å²) in [4.78, 5) is 9.37. The fourth-order valence-corrected chi connectivity index (χ4v) is 1.20. The Morgan fingerprint density at radius 3 is 0.415 bits per heavy atom. The van der Waals surface area contributed by atoms with Crippen LogP contribution < -0.4 is 0 Å². The summed E-state index contributed by atoms with van der Waals surface area (Å²) in [5.74, 6) is -0.745. The average Bonchev–Trinajstić information content (AvgIpc) is 3.04. The number of hydrogen-bond donors (Lipinski definition) is 17. The van der Waals surface area contributed by atoms with Gasteiger partial charge in [-0.2, -0.15) is 0 Å². The van der Waals surface area contributed by atoms with Gasteiger partial charge in [-0.1, -0.05) is 6.92 Å². The van der Waals surface area contributed by atoms with E-state index in [0.717, 1.165) is 0 Å². The third-order valence-corrected chi connectivity index (χ3v) is 5.67. The van der Waals surface area contributed by atoms with Crippen LogP contribution in [0.25, 0.3) is 0 Å². The second kappa shape index (κ2) is 30.3. The van der Waals surface area contributed by atoms with Crippen molar-refractivity contribution in [3.8, 4) is 0 Å². The van der Waals surface area contributed by atoms with E-state index in [4.69, 9.17) is 86.8 Å². The van der Waals surface area contributed by atoms with Gasteiger partial charge in [-0.15, -0.1) is 0 Å². The fourth-order valence-electron chi connectivity index (χ4n) is 1.20. The van der Waals surface area contributed by atoms with Crippen molar-refractivity contribution in [3.05, 3.63) is 0 Å². The van der Waals surface area contributed by atoms with Gasteiger partial charge < -0.3 is 86.8 Å². The number of carboxylic acid groups (broad SMARTS) is 1. The second-order valence-electron chi connectivity index (χ2n) is 9.28. The Kier molecular flexibility index (Phi) is 36.6. The summed E-state index contributed by atoms with van der Waals surface area (Å²) in [6.45, 7) is -4.90. The summed E-state index contributed by atoms with van der Waals surface area (Å²) in [5, 5.41) is 144. The van der Waals surface area contributed by atoms with Gasteiger partial charge in [0.1, 0.15) is 0 Å². The van der Waals surface area contributed by atoms with Crippen LogP contribution in [0.5, 0.6) is 0 Å². The monoisotopic (exact) mass is 618 g/mol. The molecule has 0 aromatic heterocycles. The van der Waals surface area contributed by atoms with Crippen LogP contribution in [0.15, 0.2) is 0 Å². The quantitative estimate of drug-likeness (QED) is 0.0719. The van der Waals surface area contributed by atoms with Crippen LogP contribution in [0, 0.1) is 21.7 Å². The summed E-state index contributed by atoms with van der Waals surface area (Å²) in [6.07, 6.45) is 0.222. The lowest BCUT2D eigenvalue weighted by Gasteiger charge is -2.23. The first-order valence-corrected chi connectivity index (χ1v) is 12.2. The molecule has 0 unspecified atom stereocenters. The highest BCUT2D eigenvalue weighted by atomic mass is 16.4. The standard InChI is InChI=1S/4C5H12O4.C3H6O2/c4*6-1-5(2-7,3-8)4-9;1-2-3(4)5/h4*6-9H,1-4H2;2H2,1H3,(H,4,5). The molecule has 0 aromatic carbocycles. The molecule has 0 bridgehead atoms. The Hall–Kier alpha value is -1.17. The molecular weight excluding hydrogens is 564 g/mol. The fraction of sp³-hybridized carbons (Fsp3) is 0.957. The van der Waals surface area contributed by atoms with Crippen molar-refractivity contribution in [2.75, 3.05) is 106 Å². The van der Waals surface area contributed by atoms with Crippen LogP contribution in [0.2, 0.25) is 0 Å². The summed E-state index contributed by atoms with van der Waals surface area (Å²) >= 11 is 0. The molecular formula is C23H54O18. The number of hydrogen-bond acceptors (Lipinski definition) is 17. The summed E-state index contributed by atoms with van der Waals surface area (Å²) in [7, 11) is 0. The van der Waals surface area contributed by atoms with E-state index < -0.39 is 133 Å². The molecule has 0 fully saturated rings. The highest BCUT2D eigenvalue weighted by Crippen LogP contribution is 2.13. The van der Waals surface area contributed by atoms with Crippen LogP contribution in [-0.4, -0.2) is 198 Å². The topological polar surface area (TPSA) is 361 Å². The Labute approximate surface area is 238 Å². The number of aliphatic hydroxyl groups excluding tert-OH is 16. The lowest BCUT2D eigenvalue weighted by Crippen LogP contribution is -2.37. The highest BCUT2D eigenvalue weighted by Gasteiger charge is 2.28. The van der Waals surface area contributed by atoms with Crippen LogP contribution in [0.3, 0.4) is 0 Å². The molecule has 0 rings (SSSR count). The number of aliphatic hydroxyl groups is 16. The molecule has 18 heteroatoms. The molecule has 0 amide bonds. The van der Waals surface area contributed by atoms with Crippen molar-refractivity contribution in [1.82, 2.24) is 0 Å². The number of carbonyl (C=O) groups is 1. The molecule has 0 aliphatic carbocycles. The number of aliphatic carboxylic acids is 1. The molecule has 18 nitrogen and oxygen atoms in total. The van der Waals surface area contributed by atoms with Crippen molar-refractivity contribution in [2.45, 2.75) is 13.3 Å². The van der Waals surface area contributed by atoms with E-state index in [0.29, 0.717) is 0 Å². The van der Waals surface area contributed by atoms with Gasteiger partial charge in [-0.25, -0.2) is 0 Å². The van der Waals surface area contributed by atoms with E-state index in [1.54, 1.807) is 6.92 Å². The van der Waals surface area contributed by atoms with Crippen molar-refractivity contribution in [2.24, 2.45) is 21.7 Å². The summed E-state index contributed by atoms with van der Waals surface area (Å²) in [5.41, 5.74) is -4.44. The third kappa shape index (κ3) is 22.1. The molecule has 0 aliphatic rings. The number of carboxylic acids is 1. The predicted octanol–water partition coefficient (Wildman–Crippen LogP) is -7.75. The molecule has 41 heavy (non-hydrogen) atoms. The first-order valence-electron chi connectivity index (χ1n) is 12.2. The third-order valence-electron chi connectivity index (χ3n) is 5.67. The average molecular weight is 619 g/mol. The van der Waals surface area contributed by atoms with Crippen molar-refractivity contribution >= 4 is 5.97 Å².